The molecule has 3 heterocycles. The minimum atomic E-state index is -0.456. The number of allylic oxidation sites excluding steroid dienone is 1. The van der Waals surface area contributed by atoms with Crippen LogP contribution in [0.15, 0.2) is 53.7 Å². The highest BCUT2D eigenvalue weighted by atomic mass is 19.1. The summed E-state index contributed by atoms with van der Waals surface area (Å²) in [5.41, 5.74) is 3.77. The lowest BCUT2D eigenvalue weighted by molar-refractivity contribution is -0.124. The van der Waals surface area contributed by atoms with Crippen LogP contribution < -0.4 is 5.32 Å². The van der Waals surface area contributed by atoms with Crippen LogP contribution in [0.5, 0.6) is 0 Å². The zero-order valence-corrected chi connectivity index (χ0v) is 23.4. The predicted molar refractivity (Wildman–Crippen MR) is 157 cm³/mol. The van der Waals surface area contributed by atoms with Crippen LogP contribution in [-0.4, -0.2) is 50.8 Å². The Morgan fingerprint density at radius 3 is 2.67 bits per heavy atom. The van der Waals surface area contributed by atoms with Crippen molar-refractivity contribution in [3.63, 3.8) is 0 Å². The Kier molecular flexibility index (Phi) is 6.65. The molecule has 3 N–H and O–H groups in total. The first-order valence-electron chi connectivity index (χ1n) is 14.9. The van der Waals surface area contributed by atoms with Crippen molar-refractivity contribution in [2.24, 2.45) is 21.7 Å². The van der Waals surface area contributed by atoms with Gasteiger partial charge in [0.15, 0.2) is 5.82 Å². The van der Waals surface area contributed by atoms with E-state index in [0.29, 0.717) is 35.7 Å². The number of nitrogens with one attached hydrogen (secondary N) is 2. The number of aliphatic imine (C=N–C) groups is 1. The lowest BCUT2D eigenvalue weighted by atomic mass is 9.63. The largest absolute Gasteiger partial charge is 0.396 e. The molecular weight excluding hydrogens is 533 g/mol. The fourth-order valence-corrected chi connectivity index (χ4v) is 7.11. The molecule has 4 aliphatic rings. The molecule has 3 fully saturated rings. The first-order chi connectivity index (χ1) is 20.4. The molecule has 2 unspecified atom stereocenters. The first-order valence-corrected chi connectivity index (χ1v) is 14.9. The minimum absolute atomic E-state index is 0.00806. The van der Waals surface area contributed by atoms with Crippen molar-refractivity contribution in [2.45, 2.75) is 57.3 Å². The van der Waals surface area contributed by atoms with Gasteiger partial charge in [-0.05, 0) is 67.4 Å². The number of H-pyrrole nitrogens is 1. The zero-order chi connectivity index (χ0) is 28.9. The van der Waals surface area contributed by atoms with Gasteiger partial charge in [0.1, 0.15) is 17.3 Å². The summed E-state index contributed by atoms with van der Waals surface area (Å²) in [5.74, 6) is -0.864. The average molecular weight is 568 g/mol. The molecule has 9 heteroatoms. The number of amides is 1. The molecule has 0 bridgehead atoms. The average Bonchev–Trinajstić information content (AvgIpc) is 3.44. The van der Waals surface area contributed by atoms with Crippen molar-refractivity contribution >= 4 is 29.3 Å². The number of aromatic nitrogens is 3. The summed E-state index contributed by atoms with van der Waals surface area (Å²) in [6.07, 6.45) is 13.0. The summed E-state index contributed by atoms with van der Waals surface area (Å²) in [6, 6.07) is 10.1. The molecule has 1 aromatic carbocycles. The summed E-state index contributed by atoms with van der Waals surface area (Å²) < 4.78 is 13.7. The summed E-state index contributed by atoms with van der Waals surface area (Å²) in [7, 11) is 0. The van der Waals surface area contributed by atoms with Gasteiger partial charge in [0.2, 0.25) is 0 Å². The SMILES string of the molecule is O=C(NCC1(CO)CC1)c1[nH]nc2c1C(/C=C/c1ccc(-c3cccc(F)c3)cn1)C1C(=O)CC3(CCCC3)CC1=N2. The van der Waals surface area contributed by atoms with Gasteiger partial charge in [0.05, 0.1) is 18.2 Å². The summed E-state index contributed by atoms with van der Waals surface area (Å²) in [6.45, 7) is 0.425. The summed E-state index contributed by atoms with van der Waals surface area (Å²) in [5, 5.41) is 20.0. The van der Waals surface area contributed by atoms with Gasteiger partial charge in [0.25, 0.3) is 5.91 Å². The van der Waals surface area contributed by atoms with E-state index in [4.69, 9.17) is 4.99 Å². The molecule has 8 nitrogen and oxygen atoms in total. The number of carbonyl (C=O) groups is 2. The zero-order valence-electron chi connectivity index (χ0n) is 23.4. The van der Waals surface area contributed by atoms with Crippen LogP contribution in [0.1, 0.15) is 79.0 Å². The number of halogens is 1. The third-order valence-electron chi connectivity index (χ3n) is 9.76. The van der Waals surface area contributed by atoms with Gasteiger partial charge in [-0.15, -0.1) is 0 Å². The maximum absolute atomic E-state index is 13.8. The number of fused-ring (bicyclic) bond motifs is 2. The molecule has 3 aliphatic carbocycles. The number of aliphatic hydroxyl groups excluding tert-OH is 1. The topological polar surface area (TPSA) is 120 Å². The number of aromatic amines is 1. The third-order valence-corrected chi connectivity index (χ3v) is 9.76. The van der Waals surface area contributed by atoms with Crippen molar-refractivity contribution in [1.82, 2.24) is 20.5 Å². The van der Waals surface area contributed by atoms with E-state index in [9.17, 15) is 19.1 Å². The van der Waals surface area contributed by atoms with Crippen molar-refractivity contribution < 1.29 is 19.1 Å². The Labute approximate surface area is 243 Å². The van der Waals surface area contributed by atoms with Crippen molar-refractivity contribution in [2.75, 3.05) is 13.2 Å². The molecule has 2 atom stereocenters. The minimum Gasteiger partial charge on any atom is -0.396 e. The summed E-state index contributed by atoms with van der Waals surface area (Å²) in [4.78, 5) is 36.7. The van der Waals surface area contributed by atoms with Gasteiger partial charge < -0.3 is 10.4 Å². The lowest BCUT2D eigenvalue weighted by Gasteiger charge is -2.41. The Bertz CT molecular complexity index is 1600. The predicted octanol–water partition coefficient (Wildman–Crippen LogP) is 5.54. The Morgan fingerprint density at radius 2 is 1.95 bits per heavy atom. The molecule has 1 aliphatic heterocycles. The fraction of sp³-hybridized carbons (Fsp3) is 0.424. The molecule has 2 aromatic heterocycles. The second-order valence-corrected chi connectivity index (χ2v) is 12.7. The molecule has 3 aromatic rings. The number of benzene rings is 1. The van der Waals surface area contributed by atoms with E-state index in [1.54, 1.807) is 12.3 Å². The molecule has 3 saturated carbocycles. The summed E-state index contributed by atoms with van der Waals surface area (Å²) >= 11 is 0. The van der Waals surface area contributed by atoms with Gasteiger partial charge in [-0.3, -0.25) is 19.7 Å². The molecule has 1 spiro atoms. The first kappa shape index (κ1) is 26.9. The fourth-order valence-electron chi connectivity index (χ4n) is 7.11. The molecule has 216 valence electrons. The van der Waals surface area contributed by atoms with Crippen LogP contribution in [0, 0.1) is 22.6 Å². The Hall–Kier alpha value is -3.98. The van der Waals surface area contributed by atoms with E-state index < -0.39 is 11.8 Å². The second kappa shape index (κ2) is 10.4. The number of carbonyl (C=O) groups excluding carboxylic acids is 2. The smallest absolute Gasteiger partial charge is 0.269 e. The second-order valence-electron chi connectivity index (χ2n) is 12.7. The van der Waals surface area contributed by atoms with E-state index >= 15 is 0 Å². The maximum Gasteiger partial charge on any atom is 0.269 e. The number of rotatable bonds is 7. The monoisotopic (exact) mass is 567 g/mol. The van der Waals surface area contributed by atoms with Crippen molar-refractivity contribution in [3.8, 4) is 11.1 Å². The number of aliphatic hydroxyl groups is 1. The number of pyridine rings is 1. The van der Waals surface area contributed by atoms with Gasteiger partial charge in [-0.2, -0.15) is 5.10 Å². The van der Waals surface area contributed by atoms with E-state index in [1.165, 1.54) is 12.1 Å². The number of Topliss-reactive ketones (excluding diaryl/α,β-unsaturated/α-hetero) is 1. The number of hydrogen-bond acceptors (Lipinski definition) is 6. The van der Waals surface area contributed by atoms with Gasteiger partial charge in [-0.1, -0.05) is 37.1 Å². The van der Waals surface area contributed by atoms with Crippen LogP contribution in [0.3, 0.4) is 0 Å². The third kappa shape index (κ3) is 4.89. The van der Waals surface area contributed by atoms with Crippen LogP contribution in [0.4, 0.5) is 10.2 Å². The van der Waals surface area contributed by atoms with Gasteiger partial charge in [0, 0.05) is 47.3 Å². The van der Waals surface area contributed by atoms with Crippen molar-refractivity contribution in [3.05, 3.63) is 71.4 Å². The molecule has 7 rings (SSSR count). The standard InChI is InChI=1S/C33H34FN5O3/c34-22-5-3-4-20(14-22)21-6-7-23(35-17-21)8-9-24-27-25(15-32(16-26(27)41)10-1-2-11-32)37-30-28(24)29(38-39-30)31(42)36-18-33(19-40)12-13-33/h3-9,14,17,24,27,40H,1-2,10-13,15-16,18-19H2,(H,36,42)(H,38,39)/b9-8+. The van der Waals surface area contributed by atoms with Crippen LogP contribution in [0.25, 0.3) is 17.2 Å². The van der Waals surface area contributed by atoms with Gasteiger partial charge in [-0.25, -0.2) is 9.38 Å². The quantitative estimate of drug-likeness (QED) is 0.347. The number of hydrogen-bond donors (Lipinski definition) is 3. The highest BCUT2D eigenvalue weighted by molar-refractivity contribution is 6.11. The Balaban J connectivity index is 1.21. The van der Waals surface area contributed by atoms with Crippen LogP contribution in [0.2, 0.25) is 0 Å². The van der Waals surface area contributed by atoms with E-state index in [1.807, 2.05) is 30.4 Å². The Morgan fingerprint density at radius 1 is 1.12 bits per heavy atom. The van der Waals surface area contributed by atoms with Crippen molar-refractivity contribution in [1.29, 1.82) is 0 Å². The van der Waals surface area contributed by atoms with E-state index in [2.05, 4.69) is 20.5 Å². The highest BCUT2D eigenvalue weighted by Crippen LogP contribution is 2.53. The molecule has 0 radical (unpaired) electrons. The number of ketones is 1. The normalized spacial score (nSPS) is 23.5. The van der Waals surface area contributed by atoms with E-state index in [-0.39, 0.29) is 34.9 Å². The highest BCUT2D eigenvalue weighted by Gasteiger charge is 2.50. The molecule has 0 saturated heterocycles. The number of nitrogens with zero attached hydrogens (tertiary/aromatic N) is 3. The van der Waals surface area contributed by atoms with Crippen LogP contribution >= 0.6 is 0 Å². The molecule has 1 amide bonds. The maximum atomic E-state index is 13.8. The van der Waals surface area contributed by atoms with Crippen LogP contribution in [-0.2, 0) is 4.79 Å². The van der Waals surface area contributed by atoms with E-state index in [0.717, 1.165) is 61.8 Å². The molecule has 42 heavy (non-hydrogen) atoms. The lowest BCUT2D eigenvalue weighted by Crippen LogP contribution is -2.43. The molecular formula is C33H34FN5O3. The van der Waals surface area contributed by atoms with Gasteiger partial charge >= 0.3 is 0 Å².